The summed E-state index contributed by atoms with van der Waals surface area (Å²) in [7, 11) is 1.41. The van der Waals surface area contributed by atoms with Crippen molar-refractivity contribution in [2.75, 3.05) is 20.2 Å². The summed E-state index contributed by atoms with van der Waals surface area (Å²) in [6.07, 6.45) is 2.52. The Morgan fingerprint density at radius 1 is 1.37 bits per heavy atom. The summed E-state index contributed by atoms with van der Waals surface area (Å²) in [5.74, 6) is 0.555. The smallest absolute Gasteiger partial charge is 0.337 e. The van der Waals surface area contributed by atoms with E-state index >= 15 is 0 Å². The van der Waals surface area contributed by atoms with E-state index in [4.69, 9.17) is 4.74 Å². The van der Waals surface area contributed by atoms with E-state index in [1.165, 1.54) is 20.0 Å². The summed E-state index contributed by atoms with van der Waals surface area (Å²) in [4.78, 5) is 14.0. The third kappa shape index (κ3) is 4.05. The van der Waals surface area contributed by atoms with Gasteiger partial charge in [-0.3, -0.25) is 4.90 Å². The van der Waals surface area contributed by atoms with Crippen LogP contribution in [0.25, 0.3) is 0 Å². The molecular weight excluding hydrogens is 306 g/mol. The Labute approximate surface area is 123 Å². The van der Waals surface area contributed by atoms with Gasteiger partial charge in [0.1, 0.15) is 0 Å². The lowest BCUT2D eigenvalue weighted by atomic mass is 9.98. The van der Waals surface area contributed by atoms with E-state index in [0.717, 1.165) is 35.6 Å². The van der Waals surface area contributed by atoms with Gasteiger partial charge >= 0.3 is 5.97 Å². The number of likely N-dealkylation sites (tertiary alicyclic amines) is 1. The van der Waals surface area contributed by atoms with Gasteiger partial charge in [0.2, 0.25) is 0 Å². The summed E-state index contributed by atoms with van der Waals surface area (Å²) >= 11 is 3.46. The van der Waals surface area contributed by atoms with Gasteiger partial charge in [-0.05, 0) is 55.6 Å². The molecule has 0 bridgehead atoms. The van der Waals surface area contributed by atoms with E-state index in [-0.39, 0.29) is 5.97 Å². The molecule has 0 N–H and O–H groups in total. The van der Waals surface area contributed by atoms with Crippen molar-refractivity contribution < 1.29 is 9.53 Å². The number of hydrogen-bond acceptors (Lipinski definition) is 3. The second kappa shape index (κ2) is 6.53. The van der Waals surface area contributed by atoms with Crippen LogP contribution in [0.5, 0.6) is 0 Å². The van der Waals surface area contributed by atoms with E-state index in [1.807, 2.05) is 6.07 Å². The fraction of sp³-hybridized carbons (Fsp3) is 0.533. The number of carbonyl (C=O) groups excluding carboxylic acids is 1. The molecule has 1 aromatic carbocycles. The first-order chi connectivity index (χ1) is 9.08. The molecule has 0 spiro atoms. The third-order valence-corrected chi connectivity index (χ3v) is 4.12. The molecule has 0 aromatic heterocycles. The van der Waals surface area contributed by atoms with Gasteiger partial charge in [-0.1, -0.05) is 22.9 Å². The van der Waals surface area contributed by atoms with Crippen LogP contribution in [0.15, 0.2) is 22.7 Å². The van der Waals surface area contributed by atoms with Crippen LogP contribution in [0.1, 0.15) is 35.7 Å². The minimum Gasteiger partial charge on any atom is -0.465 e. The molecule has 3 nitrogen and oxygen atoms in total. The van der Waals surface area contributed by atoms with Crippen molar-refractivity contribution in [3.63, 3.8) is 0 Å². The largest absolute Gasteiger partial charge is 0.465 e. The second-order valence-corrected chi connectivity index (χ2v) is 6.21. The topological polar surface area (TPSA) is 29.5 Å². The van der Waals surface area contributed by atoms with E-state index in [9.17, 15) is 4.79 Å². The zero-order valence-corrected chi connectivity index (χ0v) is 13.1. The number of carbonyl (C=O) groups is 1. The highest BCUT2D eigenvalue weighted by molar-refractivity contribution is 9.10. The molecule has 1 heterocycles. The van der Waals surface area contributed by atoms with Gasteiger partial charge in [0, 0.05) is 11.0 Å². The number of piperidine rings is 1. The summed E-state index contributed by atoms with van der Waals surface area (Å²) < 4.78 is 5.70. The number of benzene rings is 1. The standard InChI is InChI=1S/C15H20BrNO2/c1-11-3-5-17(6-4-11)10-12-7-13(15(18)19-2)9-14(16)8-12/h7-9,11H,3-6,10H2,1-2H3. The number of hydrogen-bond donors (Lipinski definition) is 0. The molecule has 1 fully saturated rings. The van der Waals surface area contributed by atoms with Crippen molar-refractivity contribution in [3.8, 4) is 0 Å². The lowest BCUT2D eigenvalue weighted by Gasteiger charge is -2.30. The Bertz CT molecular complexity index is 453. The predicted molar refractivity (Wildman–Crippen MR) is 79.2 cm³/mol. The zero-order chi connectivity index (χ0) is 13.8. The maximum atomic E-state index is 11.6. The van der Waals surface area contributed by atoms with Crippen LogP contribution in [-0.2, 0) is 11.3 Å². The Balaban J connectivity index is 2.07. The van der Waals surface area contributed by atoms with Crippen molar-refractivity contribution in [1.29, 1.82) is 0 Å². The molecule has 1 saturated heterocycles. The molecule has 0 unspecified atom stereocenters. The first-order valence-electron chi connectivity index (χ1n) is 6.68. The van der Waals surface area contributed by atoms with Gasteiger partial charge in [-0.15, -0.1) is 0 Å². The highest BCUT2D eigenvalue weighted by Gasteiger charge is 2.16. The molecule has 104 valence electrons. The average molecular weight is 326 g/mol. The highest BCUT2D eigenvalue weighted by Crippen LogP contribution is 2.21. The first-order valence-corrected chi connectivity index (χ1v) is 7.48. The van der Waals surface area contributed by atoms with Crippen molar-refractivity contribution in [2.24, 2.45) is 5.92 Å². The summed E-state index contributed by atoms with van der Waals surface area (Å²) in [5.41, 5.74) is 1.77. The fourth-order valence-electron chi connectivity index (χ4n) is 2.46. The van der Waals surface area contributed by atoms with Gasteiger partial charge in [0.15, 0.2) is 0 Å². The molecule has 0 aliphatic carbocycles. The summed E-state index contributed by atoms with van der Waals surface area (Å²) in [5, 5.41) is 0. The Morgan fingerprint density at radius 3 is 2.68 bits per heavy atom. The number of halogens is 1. The fourth-order valence-corrected chi connectivity index (χ4v) is 3.00. The highest BCUT2D eigenvalue weighted by atomic mass is 79.9. The maximum absolute atomic E-state index is 11.6. The van der Waals surface area contributed by atoms with Gasteiger partial charge in [-0.2, -0.15) is 0 Å². The maximum Gasteiger partial charge on any atom is 0.337 e. The van der Waals surface area contributed by atoms with E-state index in [0.29, 0.717) is 5.56 Å². The van der Waals surface area contributed by atoms with Crippen LogP contribution in [0.2, 0.25) is 0 Å². The minimum atomic E-state index is -0.283. The molecule has 0 atom stereocenters. The van der Waals surface area contributed by atoms with Gasteiger partial charge in [-0.25, -0.2) is 4.79 Å². The van der Waals surface area contributed by atoms with E-state index < -0.39 is 0 Å². The molecule has 0 amide bonds. The van der Waals surface area contributed by atoms with Crippen LogP contribution in [0.3, 0.4) is 0 Å². The van der Waals surface area contributed by atoms with E-state index in [2.05, 4.69) is 33.8 Å². The van der Waals surface area contributed by atoms with E-state index in [1.54, 1.807) is 6.07 Å². The SMILES string of the molecule is COC(=O)c1cc(Br)cc(CN2CCC(C)CC2)c1. The van der Waals surface area contributed by atoms with Crippen LogP contribution in [-0.4, -0.2) is 31.1 Å². The molecule has 2 rings (SSSR count). The van der Waals surface area contributed by atoms with Crippen LogP contribution < -0.4 is 0 Å². The number of methoxy groups -OCH3 is 1. The summed E-state index contributed by atoms with van der Waals surface area (Å²) in [6.45, 7) is 5.49. The lowest BCUT2D eigenvalue weighted by molar-refractivity contribution is 0.0600. The molecule has 4 heteroatoms. The number of rotatable bonds is 3. The normalized spacial score (nSPS) is 17.4. The minimum absolute atomic E-state index is 0.283. The first kappa shape index (κ1) is 14.5. The monoisotopic (exact) mass is 325 g/mol. The van der Waals surface area contributed by atoms with Crippen LogP contribution in [0.4, 0.5) is 0 Å². The Morgan fingerprint density at radius 2 is 2.05 bits per heavy atom. The molecule has 0 radical (unpaired) electrons. The zero-order valence-electron chi connectivity index (χ0n) is 11.5. The second-order valence-electron chi connectivity index (χ2n) is 5.30. The molecule has 19 heavy (non-hydrogen) atoms. The number of esters is 1. The number of ether oxygens (including phenoxy) is 1. The van der Waals surface area contributed by atoms with Crippen molar-refractivity contribution in [1.82, 2.24) is 4.90 Å². The molecular formula is C15H20BrNO2. The van der Waals surface area contributed by atoms with Crippen molar-refractivity contribution in [2.45, 2.75) is 26.3 Å². The average Bonchev–Trinajstić information content (AvgIpc) is 2.40. The Kier molecular flexibility index (Phi) is 4.99. The molecule has 0 saturated carbocycles. The molecule has 1 aliphatic heterocycles. The quantitative estimate of drug-likeness (QED) is 0.797. The van der Waals surface area contributed by atoms with Crippen molar-refractivity contribution >= 4 is 21.9 Å². The van der Waals surface area contributed by atoms with Gasteiger partial charge in [0.05, 0.1) is 12.7 Å². The number of nitrogens with zero attached hydrogens (tertiary/aromatic N) is 1. The van der Waals surface area contributed by atoms with Gasteiger partial charge in [0.25, 0.3) is 0 Å². The summed E-state index contributed by atoms with van der Waals surface area (Å²) in [6, 6.07) is 5.80. The molecule has 1 aliphatic rings. The molecule has 1 aromatic rings. The van der Waals surface area contributed by atoms with Gasteiger partial charge < -0.3 is 4.74 Å². The van der Waals surface area contributed by atoms with Crippen molar-refractivity contribution in [3.05, 3.63) is 33.8 Å². The van der Waals surface area contributed by atoms with Crippen LogP contribution >= 0.6 is 15.9 Å². The van der Waals surface area contributed by atoms with Crippen LogP contribution in [0, 0.1) is 5.92 Å². The Hall–Kier alpha value is -0.870. The third-order valence-electron chi connectivity index (χ3n) is 3.66. The lowest BCUT2D eigenvalue weighted by Crippen LogP contribution is -2.32. The predicted octanol–water partition coefficient (Wildman–Crippen LogP) is 3.47.